The van der Waals surface area contributed by atoms with Crippen LogP contribution in [0.15, 0.2) is 8.79 Å². The van der Waals surface area contributed by atoms with Crippen molar-refractivity contribution in [2.45, 2.75) is 118 Å². The van der Waals surface area contributed by atoms with E-state index in [4.69, 9.17) is 14.2 Å². The van der Waals surface area contributed by atoms with Crippen LogP contribution in [0.2, 0.25) is 33.0 Å². The Labute approximate surface area is 197 Å². The van der Waals surface area contributed by atoms with E-state index >= 15 is 0 Å². The molecule has 182 valence electrons. The van der Waals surface area contributed by atoms with E-state index < -0.39 is 26.5 Å². The van der Waals surface area contributed by atoms with E-state index in [0.29, 0.717) is 6.61 Å². The van der Waals surface area contributed by atoms with E-state index in [9.17, 15) is 4.79 Å². The van der Waals surface area contributed by atoms with E-state index in [0.717, 1.165) is 25.9 Å². The zero-order chi connectivity index (χ0) is 23.3. The van der Waals surface area contributed by atoms with Gasteiger partial charge in [0.2, 0.25) is 0 Å². The molecule has 1 fully saturated rings. The van der Waals surface area contributed by atoms with Gasteiger partial charge in [0.05, 0.1) is 0 Å². The molecule has 0 radical (unpaired) electrons. The molecule has 31 heavy (non-hydrogen) atoms. The average molecular weight is 561 g/mol. The minimum atomic E-state index is -2.99. The number of ether oxygens (including phenoxy) is 3. The summed E-state index contributed by atoms with van der Waals surface area (Å²) in [6.45, 7) is 15.3. The average Bonchev–Trinajstić information content (AvgIpc) is 2.76. The Bertz CT molecular complexity index is 528. The van der Waals surface area contributed by atoms with E-state index in [1.165, 1.54) is 60.6 Å². The van der Waals surface area contributed by atoms with Crippen LogP contribution in [-0.4, -0.2) is 59.0 Å². The summed E-state index contributed by atoms with van der Waals surface area (Å²) < 4.78 is 22.7. The molecule has 1 unspecified atom stereocenters. The van der Waals surface area contributed by atoms with Crippen LogP contribution in [0.1, 0.15) is 78.6 Å². The number of rotatable bonds is 15. The molecule has 6 heteroatoms. The molecule has 0 aromatic carbocycles. The monoisotopic (exact) mass is 562 g/mol. The number of hydrogen-bond acceptors (Lipinski definition) is 4. The molecule has 1 rings (SSSR count). The van der Waals surface area contributed by atoms with E-state index in [2.05, 4.69) is 40.4 Å². The molecular weight excluding hydrogens is 511 g/mol. The van der Waals surface area contributed by atoms with Crippen LogP contribution in [-0.2, 0) is 19.0 Å². The Hall–Kier alpha value is 0.146. The summed E-state index contributed by atoms with van der Waals surface area (Å²) in [5, 5.41) is 1.33. The molecule has 0 aromatic heterocycles. The van der Waals surface area contributed by atoms with Crippen molar-refractivity contribution in [3.8, 4) is 0 Å². The van der Waals surface area contributed by atoms with Gasteiger partial charge in [0.15, 0.2) is 0 Å². The first-order chi connectivity index (χ1) is 14.8. The second-order valence-electron chi connectivity index (χ2n) is 10.3. The SMILES string of the molecule is CCC[CH2][Sn]([CH2]CCC)([CH2]CCC)/[C](C(=O)OC)=C(/COC1CCCCO1)[Si](C)(C)C. The molecule has 4 nitrogen and oxygen atoms in total. The van der Waals surface area contributed by atoms with Crippen LogP contribution in [0.4, 0.5) is 0 Å². The second-order valence-corrected chi connectivity index (χ2v) is 28.4. The zero-order valence-corrected chi connectivity index (χ0v) is 25.5. The van der Waals surface area contributed by atoms with Crippen molar-refractivity contribution in [3.63, 3.8) is 0 Å². The van der Waals surface area contributed by atoms with Gasteiger partial charge in [0.25, 0.3) is 0 Å². The number of esters is 1. The van der Waals surface area contributed by atoms with Crippen molar-refractivity contribution in [2.24, 2.45) is 0 Å². The first-order valence-corrected chi connectivity index (χ1v) is 23.8. The van der Waals surface area contributed by atoms with Gasteiger partial charge in [-0.3, -0.25) is 0 Å². The van der Waals surface area contributed by atoms with Gasteiger partial charge in [-0.2, -0.15) is 0 Å². The Morgan fingerprint density at radius 2 is 1.52 bits per heavy atom. The number of carbonyl (C=O) groups is 1. The molecule has 0 aliphatic carbocycles. The van der Waals surface area contributed by atoms with Crippen LogP contribution < -0.4 is 0 Å². The molecule has 1 aliphatic heterocycles. The Balaban J connectivity index is 3.52. The van der Waals surface area contributed by atoms with Crippen molar-refractivity contribution in [1.82, 2.24) is 0 Å². The number of unbranched alkanes of at least 4 members (excludes halogenated alkanes) is 3. The third-order valence-corrected chi connectivity index (χ3v) is 25.3. The van der Waals surface area contributed by atoms with Gasteiger partial charge in [-0.15, -0.1) is 0 Å². The minimum absolute atomic E-state index is 0.0373. The fourth-order valence-electron chi connectivity index (χ4n) is 4.74. The van der Waals surface area contributed by atoms with E-state index in [1.807, 2.05) is 0 Å². The van der Waals surface area contributed by atoms with Gasteiger partial charge in [0, 0.05) is 0 Å². The zero-order valence-electron chi connectivity index (χ0n) is 21.6. The summed E-state index contributed by atoms with van der Waals surface area (Å²) in [6.07, 6.45) is 10.4. The predicted octanol–water partition coefficient (Wildman–Crippen LogP) is 7.26. The van der Waals surface area contributed by atoms with Crippen molar-refractivity contribution in [1.29, 1.82) is 0 Å². The third-order valence-electron chi connectivity index (χ3n) is 6.71. The quantitative estimate of drug-likeness (QED) is 0.120. The van der Waals surface area contributed by atoms with Crippen LogP contribution in [0.3, 0.4) is 0 Å². The first-order valence-electron chi connectivity index (χ1n) is 12.8. The normalized spacial score (nSPS) is 18.6. The summed E-state index contributed by atoms with van der Waals surface area (Å²) in [5.41, 5.74) is 0. The molecule has 0 spiro atoms. The second kappa shape index (κ2) is 15.1. The van der Waals surface area contributed by atoms with Gasteiger partial charge in [-0.05, 0) is 0 Å². The first kappa shape index (κ1) is 29.2. The molecule has 1 aliphatic rings. The van der Waals surface area contributed by atoms with Gasteiger partial charge in [0.1, 0.15) is 0 Å². The molecule has 1 saturated heterocycles. The molecule has 0 aromatic rings. The van der Waals surface area contributed by atoms with Gasteiger partial charge in [-0.25, -0.2) is 0 Å². The predicted molar refractivity (Wildman–Crippen MR) is 137 cm³/mol. The van der Waals surface area contributed by atoms with Crippen LogP contribution in [0, 0.1) is 0 Å². The van der Waals surface area contributed by atoms with Crippen molar-refractivity contribution >= 4 is 32.4 Å². The summed E-state index contributed by atoms with van der Waals surface area (Å²) in [4.78, 5) is 13.5. The maximum atomic E-state index is 13.5. The van der Waals surface area contributed by atoms with Crippen LogP contribution in [0.5, 0.6) is 0 Å². The standard InChI is InChI=1S/C13H23O4Si.3C4H9.Sn/c1-15-12(14)9-11(18(2,3)4)10-17-13-7-5-6-8-16-13;3*1-3-4-2;/h13H,5-8,10H2,1-4H3;3*1,3-4H2,2H3;. The fraction of sp³-hybridized carbons (Fsp3) is 0.880. The van der Waals surface area contributed by atoms with Gasteiger partial charge < -0.3 is 0 Å². The number of hydrogen-bond donors (Lipinski definition) is 0. The molecule has 0 N–H and O–H groups in total. The topological polar surface area (TPSA) is 44.8 Å². The summed E-state index contributed by atoms with van der Waals surface area (Å²) in [5.74, 6) is -0.0373. The number of carbonyl (C=O) groups excluding carboxylic acids is 1. The van der Waals surface area contributed by atoms with Crippen LogP contribution >= 0.6 is 0 Å². The molecule has 0 saturated carbocycles. The van der Waals surface area contributed by atoms with Crippen LogP contribution in [0.25, 0.3) is 0 Å². The fourth-order valence-corrected chi connectivity index (χ4v) is 27.8. The van der Waals surface area contributed by atoms with Gasteiger partial charge >= 0.3 is 198 Å². The number of methoxy groups -OCH3 is 1. The Kier molecular flexibility index (Phi) is 14.2. The van der Waals surface area contributed by atoms with E-state index in [-0.39, 0.29) is 12.3 Å². The summed E-state index contributed by atoms with van der Waals surface area (Å²) in [6, 6.07) is 0. The van der Waals surface area contributed by atoms with Gasteiger partial charge in [-0.1, -0.05) is 0 Å². The Morgan fingerprint density at radius 1 is 0.968 bits per heavy atom. The summed E-state index contributed by atoms with van der Waals surface area (Å²) in [7, 11) is -0.215. The Morgan fingerprint density at radius 3 is 1.90 bits per heavy atom. The van der Waals surface area contributed by atoms with E-state index in [1.54, 1.807) is 7.11 Å². The molecule has 0 bridgehead atoms. The van der Waals surface area contributed by atoms with Crippen molar-refractivity contribution < 1.29 is 19.0 Å². The van der Waals surface area contributed by atoms with Crippen molar-refractivity contribution in [3.05, 3.63) is 8.79 Å². The molecular formula is C25H50O4SiSn. The molecule has 1 atom stereocenters. The third kappa shape index (κ3) is 9.50. The molecule has 1 heterocycles. The summed E-state index contributed by atoms with van der Waals surface area (Å²) >= 11 is -2.99. The maximum absolute atomic E-state index is 13.5. The molecule has 0 amide bonds. The van der Waals surface area contributed by atoms with Crippen molar-refractivity contribution in [2.75, 3.05) is 20.3 Å².